The van der Waals surface area contributed by atoms with Crippen molar-refractivity contribution in [2.24, 2.45) is 0 Å². The van der Waals surface area contributed by atoms with Gasteiger partial charge in [-0.1, -0.05) is 39.0 Å². The van der Waals surface area contributed by atoms with Crippen molar-refractivity contribution < 1.29 is 4.79 Å². The lowest BCUT2D eigenvalue weighted by Crippen LogP contribution is -2.46. The van der Waals surface area contributed by atoms with Gasteiger partial charge < -0.3 is 10.2 Å². The number of likely N-dealkylation sites (N-methyl/N-ethyl adjacent to an activating group) is 1. The van der Waals surface area contributed by atoms with Gasteiger partial charge in [0, 0.05) is 26.1 Å². The first-order valence-electron chi connectivity index (χ1n) is 7.21. The van der Waals surface area contributed by atoms with Crippen molar-refractivity contribution in [3.05, 3.63) is 0 Å². The van der Waals surface area contributed by atoms with E-state index in [1.807, 2.05) is 11.9 Å². The number of carbonyl (C=O) groups is 1. The predicted molar refractivity (Wildman–Crippen MR) is 72.0 cm³/mol. The van der Waals surface area contributed by atoms with Crippen LogP contribution in [0.3, 0.4) is 0 Å². The van der Waals surface area contributed by atoms with Crippen molar-refractivity contribution in [1.29, 1.82) is 0 Å². The minimum atomic E-state index is 0.294. The number of rotatable bonds is 8. The third-order valence-electron chi connectivity index (χ3n) is 3.59. The highest BCUT2D eigenvalue weighted by atomic mass is 16.2. The third kappa shape index (κ3) is 6.06. The Balaban J connectivity index is 1.94. The molecule has 3 nitrogen and oxygen atoms in total. The summed E-state index contributed by atoms with van der Waals surface area (Å²) in [6, 6.07) is 0.522. The van der Waals surface area contributed by atoms with Gasteiger partial charge >= 0.3 is 0 Å². The van der Waals surface area contributed by atoms with E-state index < -0.39 is 0 Å². The maximum Gasteiger partial charge on any atom is 0.222 e. The Morgan fingerprint density at radius 3 is 2.65 bits per heavy atom. The first kappa shape index (κ1) is 14.5. The average molecular weight is 240 g/mol. The lowest BCUT2D eigenvalue weighted by atomic mass is 10.1. The minimum Gasteiger partial charge on any atom is -0.344 e. The number of unbranched alkanes of at least 4 members (excludes halogenated alkanes) is 5. The standard InChI is InChI=1S/C14H28N2O/c1-3-4-5-6-7-8-11-15-13-9-10-14(17)16(2)12-13/h13,15H,3-12H2,1-2H3. The molecule has 0 spiro atoms. The van der Waals surface area contributed by atoms with Gasteiger partial charge in [-0.2, -0.15) is 0 Å². The number of likely N-dealkylation sites (tertiary alicyclic amines) is 1. The molecule has 1 rings (SSSR count). The maximum atomic E-state index is 11.3. The number of carbonyl (C=O) groups excluding carboxylic acids is 1. The quantitative estimate of drug-likeness (QED) is 0.661. The summed E-state index contributed by atoms with van der Waals surface area (Å²) in [7, 11) is 1.90. The summed E-state index contributed by atoms with van der Waals surface area (Å²) < 4.78 is 0. The van der Waals surface area contributed by atoms with Crippen LogP contribution in [-0.4, -0.2) is 37.0 Å². The number of hydrogen-bond acceptors (Lipinski definition) is 2. The molecule has 1 saturated heterocycles. The zero-order valence-corrected chi connectivity index (χ0v) is 11.5. The van der Waals surface area contributed by atoms with Crippen LogP contribution in [0.2, 0.25) is 0 Å². The van der Waals surface area contributed by atoms with Crippen molar-refractivity contribution in [1.82, 2.24) is 10.2 Å². The first-order valence-corrected chi connectivity index (χ1v) is 7.21. The Morgan fingerprint density at radius 2 is 1.94 bits per heavy atom. The van der Waals surface area contributed by atoms with Crippen molar-refractivity contribution in [2.45, 2.75) is 64.3 Å². The Kier molecular flexibility index (Phi) is 7.25. The van der Waals surface area contributed by atoms with Crippen molar-refractivity contribution in [2.75, 3.05) is 20.1 Å². The summed E-state index contributed by atoms with van der Waals surface area (Å²) in [5, 5.41) is 3.57. The van der Waals surface area contributed by atoms with Crippen LogP contribution in [0.5, 0.6) is 0 Å². The molecule has 1 atom stereocenters. The number of nitrogens with one attached hydrogen (secondary N) is 1. The number of amides is 1. The molecule has 1 N–H and O–H groups in total. The normalized spacial score (nSPS) is 20.9. The lowest BCUT2D eigenvalue weighted by Gasteiger charge is -2.30. The van der Waals surface area contributed by atoms with E-state index in [-0.39, 0.29) is 0 Å². The molecule has 1 unspecified atom stereocenters. The molecule has 0 radical (unpaired) electrons. The largest absolute Gasteiger partial charge is 0.344 e. The van der Waals surface area contributed by atoms with Crippen LogP contribution in [0, 0.1) is 0 Å². The molecule has 0 saturated carbocycles. The van der Waals surface area contributed by atoms with Crippen molar-refractivity contribution >= 4 is 5.91 Å². The molecule has 100 valence electrons. The van der Waals surface area contributed by atoms with E-state index in [1.165, 1.54) is 38.5 Å². The second-order valence-corrected chi connectivity index (χ2v) is 5.23. The average Bonchev–Trinajstić information content (AvgIpc) is 2.32. The monoisotopic (exact) mass is 240 g/mol. The lowest BCUT2D eigenvalue weighted by molar-refractivity contribution is -0.132. The number of nitrogens with zero attached hydrogens (tertiary/aromatic N) is 1. The molecule has 0 aromatic heterocycles. The van der Waals surface area contributed by atoms with Gasteiger partial charge in [0.15, 0.2) is 0 Å². The molecular formula is C14H28N2O. The molecule has 3 heteroatoms. The van der Waals surface area contributed by atoms with E-state index in [9.17, 15) is 4.79 Å². The Labute approximate surface area is 106 Å². The van der Waals surface area contributed by atoms with E-state index >= 15 is 0 Å². The highest BCUT2D eigenvalue weighted by Crippen LogP contribution is 2.10. The predicted octanol–water partition coefficient (Wildman–Crippen LogP) is 2.56. The van der Waals surface area contributed by atoms with Gasteiger partial charge in [0.1, 0.15) is 0 Å². The van der Waals surface area contributed by atoms with Crippen LogP contribution < -0.4 is 5.32 Å². The van der Waals surface area contributed by atoms with Crippen LogP contribution >= 0.6 is 0 Å². The van der Waals surface area contributed by atoms with E-state index in [2.05, 4.69) is 12.2 Å². The fourth-order valence-corrected chi connectivity index (χ4v) is 2.39. The summed E-state index contributed by atoms with van der Waals surface area (Å²) in [6.45, 7) is 4.25. The summed E-state index contributed by atoms with van der Waals surface area (Å²) in [5.41, 5.74) is 0. The zero-order chi connectivity index (χ0) is 12.5. The van der Waals surface area contributed by atoms with Gasteiger partial charge in [-0.3, -0.25) is 4.79 Å². The van der Waals surface area contributed by atoms with Crippen molar-refractivity contribution in [3.63, 3.8) is 0 Å². The first-order chi connectivity index (χ1) is 8.24. The van der Waals surface area contributed by atoms with Gasteiger partial charge in [0.25, 0.3) is 0 Å². The summed E-state index contributed by atoms with van der Waals surface area (Å²) >= 11 is 0. The van der Waals surface area contributed by atoms with Crippen LogP contribution in [0.4, 0.5) is 0 Å². The van der Waals surface area contributed by atoms with E-state index in [0.29, 0.717) is 18.4 Å². The van der Waals surface area contributed by atoms with Gasteiger partial charge in [0.2, 0.25) is 5.91 Å². The van der Waals surface area contributed by atoms with E-state index in [4.69, 9.17) is 0 Å². The fourth-order valence-electron chi connectivity index (χ4n) is 2.39. The Hall–Kier alpha value is -0.570. The molecule has 1 fully saturated rings. The van der Waals surface area contributed by atoms with Gasteiger partial charge in [-0.15, -0.1) is 0 Å². The molecule has 1 aliphatic heterocycles. The summed E-state index contributed by atoms with van der Waals surface area (Å²) in [4.78, 5) is 13.2. The molecule has 0 aliphatic carbocycles. The smallest absolute Gasteiger partial charge is 0.222 e. The molecular weight excluding hydrogens is 212 g/mol. The molecule has 1 amide bonds. The second-order valence-electron chi connectivity index (χ2n) is 5.23. The summed E-state index contributed by atoms with van der Waals surface area (Å²) in [5.74, 6) is 0.294. The second kappa shape index (κ2) is 8.51. The maximum absolute atomic E-state index is 11.3. The molecule has 17 heavy (non-hydrogen) atoms. The highest BCUT2D eigenvalue weighted by molar-refractivity contribution is 5.76. The van der Waals surface area contributed by atoms with Crippen LogP contribution in [-0.2, 0) is 4.79 Å². The topological polar surface area (TPSA) is 32.3 Å². The third-order valence-corrected chi connectivity index (χ3v) is 3.59. The number of hydrogen-bond donors (Lipinski definition) is 1. The van der Waals surface area contributed by atoms with Crippen LogP contribution in [0.15, 0.2) is 0 Å². The van der Waals surface area contributed by atoms with Crippen LogP contribution in [0.25, 0.3) is 0 Å². The molecule has 0 aromatic rings. The molecule has 0 bridgehead atoms. The van der Waals surface area contributed by atoms with Crippen molar-refractivity contribution in [3.8, 4) is 0 Å². The molecule has 1 heterocycles. The molecule has 1 aliphatic rings. The Morgan fingerprint density at radius 1 is 1.24 bits per heavy atom. The van der Waals surface area contributed by atoms with Gasteiger partial charge in [-0.25, -0.2) is 0 Å². The van der Waals surface area contributed by atoms with E-state index in [0.717, 1.165) is 19.5 Å². The zero-order valence-electron chi connectivity index (χ0n) is 11.5. The molecule has 0 aromatic carbocycles. The van der Waals surface area contributed by atoms with E-state index in [1.54, 1.807) is 0 Å². The fraction of sp³-hybridized carbons (Fsp3) is 0.929. The number of piperidine rings is 1. The SMILES string of the molecule is CCCCCCCCNC1CCC(=O)N(C)C1. The van der Waals surface area contributed by atoms with Gasteiger partial charge in [0.05, 0.1) is 0 Å². The van der Waals surface area contributed by atoms with Gasteiger partial charge in [-0.05, 0) is 19.4 Å². The summed E-state index contributed by atoms with van der Waals surface area (Å²) in [6.07, 6.45) is 9.80. The highest BCUT2D eigenvalue weighted by Gasteiger charge is 2.21. The minimum absolute atomic E-state index is 0.294. The van der Waals surface area contributed by atoms with Crippen LogP contribution in [0.1, 0.15) is 58.3 Å². The Bertz CT molecular complexity index is 218.